The van der Waals surface area contributed by atoms with Gasteiger partial charge in [0.1, 0.15) is 5.75 Å². The van der Waals surface area contributed by atoms with Gasteiger partial charge in [0.15, 0.2) is 5.78 Å². The van der Waals surface area contributed by atoms with Gasteiger partial charge in [-0.05, 0) is 29.8 Å². The molecule has 0 amide bonds. The lowest BCUT2D eigenvalue weighted by Gasteiger charge is -2.13. The first-order valence-electron chi connectivity index (χ1n) is 7.72. The fourth-order valence-corrected chi connectivity index (χ4v) is 2.35. The van der Waals surface area contributed by atoms with Crippen molar-refractivity contribution >= 4 is 17.3 Å². The largest absolute Gasteiger partial charge is 0.497 e. The summed E-state index contributed by atoms with van der Waals surface area (Å²) in [7, 11) is 6.60. The number of allylic oxidation sites excluding steroid dienone is 1. The number of Topliss-reactive ketones (excluding diaryl/α,β-unsaturated/α-hetero) is 1. The van der Waals surface area contributed by atoms with E-state index in [-0.39, 0.29) is 5.78 Å². The van der Waals surface area contributed by atoms with E-state index in [9.17, 15) is 9.59 Å². The van der Waals surface area contributed by atoms with Crippen LogP contribution in [-0.2, 0) is 4.74 Å². The number of carbonyl (C=O) groups is 2. The summed E-state index contributed by atoms with van der Waals surface area (Å²) in [5.41, 5.74) is 2.05. The molecule has 0 atom stereocenters. The summed E-state index contributed by atoms with van der Waals surface area (Å²) >= 11 is 0. The third-order valence-corrected chi connectivity index (χ3v) is 3.58. The Bertz CT molecular complexity index is 792. The number of hydrogen-bond acceptors (Lipinski definition) is 5. The van der Waals surface area contributed by atoms with Gasteiger partial charge in [0, 0.05) is 31.4 Å². The van der Waals surface area contributed by atoms with E-state index in [4.69, 9.17) is 9.47 Å². The molecule has 2 aromatic carbocycles. The summed E-state index contributed by atoms with van der Waals surface area (Å²) in [4.78, 5) is 26.5. The number of hydrogen-bond donors (Lipinski definition) is 0. The molecule has 0 saturated heterocycles. The van der Waals surface area contributed by atoms with Crippen molar-refractivity contribution in [1.29, 1.82) is 0 Å². The number of ether oxygens (including phenoxy) is 2. The minimum Gasteiger partial charge on any atom is -0.497 e. The van der Waals surface area contributed by atoms with Crippen LogP contribution in [0.2, 0.25) is 0 Å². The Morgan fingerprint density at radius 1 is 0.920 bits per heavy atom. The lowest BCUT2D eigenvalue weighted by atomic mass is 9.96. The van der Waals surface area contributed by atoms with E-state index in [0.29, 0.717) is 22.4 Å². The van der Waals surface area contributed by atoms with E-state index in [1.165, 1.54) is 7.11 Å². The molecule has 25 heavy (non-hydrogen) atoms. The molecule has 0 heterocycles. The van der Waals surface area contributed by atoms with Crippen molar-refractivity contribution in [1.82, 2.24) is 4.90 Å². The summed E-state index contributed by atoms with van der Waals surface area (Å²) in [5.74, 6) is 0.0648. The van der Waals surface area contributed by atoms with Gasteiger partial charge in [-0.1, -0.05) is 24.3 Å². The highest BCUT2D eigenvalue weighted by Gasteiger charge is 2.17. The molecular weight excluding hydrogens is 318 g/mol. The van der Waals surface area contributed by atoms with Crippen LogP contribution in [0.3, 0.4) is 0 Å². The van der Waals surface area contributed by atoms with Crippen LogP contribution in [-0.4, -0.2) is 45.0 Å². The molecule has 0 saturated carbocycles. The topological polar surface area (TPSA) is 55.8 Å². The second-order valence-corrected chi connectivity index (χ2v) is 5.64. The predicted octanol–water partition coefficient (Wildman–Crippen LogP) is 3.27. The van der Waals surface area contributed by atoms with Gasteiger partial charge in [-0.3, -0.25) is 4.79 Å². The fraction of sp³-hybridized carbons (Fsp3) is 0.200. The molecular formula is C20H21NO4. The van der Waals surface area contributed by atoms with Gasteiger partial charge in [-0.25, -0.2) is 4.79 Å². The van der Waals surface area contributed by atoms with Crippen molar-refractivity contribution in [3.8, 4) is 5.75 Å². The normalized spacial score (nSPS) is 11.0. The lowest BCUT2D eigenvalue weighted by Crippen LogP contribution is -2.10. The molecule has 0 fully saturated rings. The standard InChI is InChI=1S/C20H21NO4/c1-21(2)13-18(14-8-10-17(24-3)11-9-14)19(22)15-6-5-7-16(12-15)20(23)25-4/h5-13H,1-4H3/b18-13-. The maximum absolute atomic E-state index is 13.0. The summed E-state index contributed by atoms with van der Waals surface area (Å²) < 4.78 is 9.88. The second-order valence-electron chi connectivity index (χ2n) is 5.64. The van der Waals surface area contributed by atoms with Gasteiger partial charge in [0.2, 0.25) is 0 Å². The molecule has 2 aromatic rings. The van der Waals surface area contributed by atoms with E-state index in [0.717, 1.165) is 5.56 Å². The van der Waals surface area contributed by atoms with Crippen molar-refractivity contribution in [2.45, 2.75) is 0 Å². The zero-order valence-electron chi connectivity index (χ0n) is 14.8. The van der Waals surface area contributed by atoms with Crippen LogP contribution >= 0.6 is 0 Å². The maximum atomic E-state index is 13.0. The van der Waals surface area contributed by atoms with Crippen LogP contribution in [0.5, 0.6) is 5.75 Å². The first-order chi connectivity index (χ1) is 12.0. The Balaban J connectivity index is 2.44. The fourth-order valence-electron chi connectivity index (χ4n) is 2.35. The highest BCUT2D eigenvalue weighted by atomic mass is 16.5. The average Bonchev–Trinajstić information content (AvgIpc) is 2.65. The molecule has 2 rings (SSSR count). The first-order valence-corrected chi connectivity index (χ1v) is 7.72. The van der Waals surface area contributed by atoms with Gasteiger partial charge in [0.05, 0.1) is 19.8 Å². The van der Waals surface area contributed by atoms with E-state index in [1.807, 2.05) is 31.1 Å². The van der Waals surface area contributed by atoms with Crippen molar-refractivity contribution in [2.24, 2.45) is 0 Å². The third-order valence-electron chi connectivity index (χ3n) is 3.58. The first kappa shape index (κ1) is 18.3. The highest BCUT2D eigenvalue weighted by Crippen LogP contribution is 2.23. The zero-order chi connectivity index (χ0) is 18.4. The third kappa shape index (κ3) is 4.47. The smallest absolute Gasteiger partial charge is 0.337 e. The van der Waals surface area contributed by atoms with Gasteiger partial charge in [-0.15, -0.1) is 0 Å². The number of methoxy groups -OCH3 is 2. The molecule has 130 valence electrons. The van der Waals surface area contributed by atoms with Crippen molar-refractivity contribution in [2.75, 3.05) is 28.3 Å². The number of carbonyl (C=O) groups excluding carboxylic acids is 2. The van der Waals surface area contributed by atoms with E-state index in [2.05, 4.69) is 0 Å². The number of nitrogens with zero attached hydrogens (tertiary/aromatic N) is 1. The van der Waals surface area contributed by atoms with E-state index in [1.54, 1.807) is 49.7 Å². The van der Waals surface area contributed by atoms with E-state index < -0.39 is 5.97 Å². The Kier molecular flexibility index (Phi) is 5.95. The minimum atomic E-state index is -0.475. The molecule has 5 heteroatoms. The molecule has 0 spiro atoms. The van der Waals surface area contributed by atoms with Gasteiger partial charge in [0.25, 0.3) is 0 Å². The summed E-state index contributed by atoms with van der Waals surface area (Å²) in [6.07, 6.45) is 1.76. The molecule has 0 aromatic heterocycles. The molecule has 0 aliphatic carbocycles. The van der Waals surface area contributed by atoms with Crippen molar-refractivity contribution < 1.29 is 19.1 Å². The molecule has 0 bridgehead atoms. The van der Waals surface area contributed by atoms with Crippen LogP contribution in [0.15, 0.2) is 54.7 Å². The highest BCUT2D eigenvalue weighted by molar-refractivity contribution is 6.29. The average molecular weight is 339 g/mol. The number of esters is 1. The Labute approximate surface area is 147 Å². The second kappa shape index (κ2) is 8.15. The SMILES string of the molecule is COC(=O)c1cccc(C(=O)/C(=C\N(C)C)c2ccc(OC)cc2)c1. The van der Waals surface area contributed by atoms with Crippen LogP contribution in [0.1, 0.15) is 26.3 Å². The molecule has 0 aliphatic heterocycles. The number of rotatable bonds is 6. The van der Waals surface area contributed by atoms with Crippen molar-refractivity contribution in [3.05, 3.63) is 71.4 Å². The van der Waals surface area contributed by atoms with Crippen LogP contribution in [0.25, 0.3) is 5.57 Å². The monoisotopic (exact) mass is 339 g/mol. The van der Waals surface area contributed by atoms with Crippen LogP contribution < -0.4 is 4.74 Å². The Morgan fingerprint density at radius 3 is 2.12 bits per heavy atom. The van der Waals surface area contributed by atoms with Crippen LogP contribution in [0.4, 0.5) is 0 Å². The van der Waals surface area contributed by atoms with Gasteiger partial charge in [-0.2, -0.15) is 0 Å². The molecule has 0 radical (unpaired) electrons. The Hall–Kier alpha value is -3.08. The minimum absolute atomic E-state index is 0.176. The maximum Gasteiger partial charge on any atom is 0.337 e. The summed E-state index contributed by atoms with van der Waals surface area (Å²) in [5, 5.41) is 0. The number of ketones is 1. The molecule has 5 nitrogen and oxygen atoms in total. The van der Waals surface area contributed by atoms with Crippen LogP contribution in [0, 0.1) is 0 Å². The van der Waals surface area contributed by atoms with Crippen molar-refractivity contribution in [3.63, 3.8) is 0 Å². The predicted molar refractivity (Wildman–Crippen MR) is 96.8 cm³/mol. The summed E-state index contributed by atoms with van der Waals surface area (Å²) in [6, 6.07) is 13.8. The molecule has 0 N–H and O–H groups in total. The van der Waals surface area contributed by atoms with Gasteiger partial charge >= 0.3 is 5.97 Å². The zero-order valence-corrected chi connectivity index (χ0v) is 14.8. The number of benzene rings is 2. The molecule has 0 aliphatic rings. The van der Waals surface area contributed by atoms with E-state index >= 15 is 0 Å². The lowest BCUT2D eigenvalue weighted by molar-refractivity contribution is 0.0600. The Morgan fingerprint density at radius 2 is 1.56 bits per heavy atom. The van der Waals surface area contributed by atoms with Gasteiger partial charge < -0.3 is 14.4 Å². The quantitative estimate of drug-likeness (QED) is 0.459. The molecule has 0 unspecified atom stereocenters. The summed E-state index contributed by atoms with van der Waals surface area (Å²) in [6.45, 7) is 0.